The first-order chi connectivity index (χ1) is 14.5. The van der Waals surface area contributed by atoms with E-state index in [9.17, 15) is 9.59 Å². The van der Waals surface area contributed by atoms with Crippen LogP contribution >= 0.6 is 0 Å². The van der Waals surface area contributed by atoms with Gasteiger partial charge in [-0.1, -0.05) is 0 Å². The Morgan fingerprint density at radius 3 is 2.67 bits per heavy atom. The molecule has 1 amide bonds. The summed E-state index contributed by atoms with van der Waals surface area (Å²) in [6.45, 7) is 5.81. The van der Waals surface area contributed by atoms with Crippen molar-refractivity contribution in [2.45, 2.75) is 26.7 Å². The molecule has 9 nitrogen and oxygen atoms in total. The molecule has 1 saturated heterocycles. The first kappa shape index (κ1) is 21.4. The molecule has 3 N–H and O–H groups in total. The summed E-state index contributed by atoms with van der Waals surface area (Å²) in [6.07, 6.45) is 3.01. The fraction of sp³-hybridized carbons (Fsp3) is 0.429. The van der Waals surface area contributed by atoms with Crippen LogP contribution in [-0.4, -0.2) is 48.1 Å². The number of rotatable bonds is 7. The molecule has 30 heavy (non-hydrogen) atoms. The van der Waals surface area contributed by atoms with E-state index in [4.69, 9.17) is 15.2 Å². The molecule has 160 valence electrons. The van der Waals surface area contributed by atoms with Crippen LogP contribution in [0.15, 0.2) is 30.5 Å². The monoisotopic (exact) mass is 413 g/mol. The van der Waals surface area contributed by atoms with Gasteiger partial charge in [-0.2, -0.15) is 4.98 Å². The molecule has 9 heteroatoms. The molecular formula is C21H27N5O4. The maximum absolute atomic E-state index is 12.6. The Balaban J connectivity index is 1.67. The Bertz CT molecular complexity index is 887. The number of piperidine rings is 1. The number of amides is 1. The third-order valence-corrected chi connectivity index (χ3v) is 4.80. The predicted octanol–water partition coefficient (Wildman–Crippen LogP) is 2.49. The number of carbonyl (C=O) groups is 2. The van der Waals surface area contributed by atoms with Crippen molar-refractivity contribution < 1.29 is 19.1 Å². The maximum Gasteiger partial charge on any atom is 0.310 e. The van der Waals surface area contributed by atoms with Gasteiger partial charge in [-0.05, 0) is 51.0 Å². The van der Waals surface area contributed by atoms with Crippen LogP contribution in [0.4, 0.5) is 17.5 Å². The zero-order valence-electron chi connectivity index (χ0n) is 17.3. The molecule has 2 heterocycles. The molecule has 1 atom stereocenters. The summed E-state index contributed by atoms with van der Waals surface area (Å²) in [6, 6.07) is 7.05. The minimum absolute atomic E-state index is 0.0849. The number of benzene rings is 1. The lowest BCUT2D eigenvalue weighted by molar-refractivity contribution is -0.148. The smallest absolute Gasteiger partial charge is 0.310 e. The molecule has 0 saturated carbocycles. The highest BCUT2D eigenvalue weighted by Crippen LogP contribution is 2.23. The van der Waals surface area contributed by atoms with E-state index in [1.807, 2.05) is 11.8 Å². The second kappa shape index (κ2) is 9.91. The molecule has 0 radical (unpaired) electrons. The molecule has 0 bridgehead atoms. The van der Waals surface area contributed by atoms with Gasteiger partial charge in [0.15, 0.2) is 0 Å². The van der Waals surface area contributed by atoms with Crippen molar-refractivity contribution in [3.63, 3.8) is 0 Å². The fourth-order valence-corrected chi connectivity index (χ4v) is 3.32. The summed E-state index contributed by atoms with van der Waals surface area (Å²) in [5, 5.41) is 2.77. The summed E-state index contributed by atoms with van der Waals surface area (Å²) in [5.74, 6) is 0.394. The number of nitrogens with two attached hydrogens (primary N) is 1. The zero-order chi connectivity index (χ0) is 21.5. The van der Waals surface area contributed by atoms with Crippen molar-refractivity contribution in [1.82, 2.24) is 9.97 Å². The van der Waals surface area contributed by atoms with Gasteiger partial charge in [0.2, 0.25) is 5.95 Å². The van der Waals surface area contributed by atoms with Gasteiger partial charge in [-0.15, -0.1) is 0 Å². The molecule has 0 aliphatic carbocycles. The quantitative estimate of drug-likeness (QED) is 0.665. The lowest BCUT2D eigenvalue weighted by Gasteiger charge is -2.31. The molecule has 1 fully saturated rings. The molecule has 2 aromatic rings. The highest BCUT2D eigenvalue weighted by molar-refractivity contribution is 6.07. The lowest BCUT2D eigenvalue weighted by Crippen LogP contribution is -2.40. The second-order valence-electron chi connectivity index (χ2n) is 6.92. The van der Waals surface area contributed by atoms with E-state index >= 15 is 0 Å². The van der Waals surface area contributed by atoms with Gasteiger partial charge in [0.25, 0.3) is 5.91 Å². The van der Waals surface area contributed by atoms with Gasteiger partial charge in [-0.3, -0.25) is 9.59 Å². The third-order valence-electron chi connectivity index (χ3n) is 4.80. The fourth-order valence-electron chi connectivity index (χ4n) is 3.32. The number of hydrogen-bond donors (Lipinski definition) is 2. The molecule has 3 rings (SSSR count). The Kier molecular flexibility index (Phi) is 7.05. The van der Waals surface area contributed by atoms with Crippen molar-refractivity contribution in [2.75, 3.05) is 42.3 Å². The summed E-state index contributed by atoms with van der Waals surface area (Å²) >= 11 is 0. The molecule has 1 aromatic carbocycles. The number of nitrogen functional groups attached to an aromatic ring is 1. The predicted molar refractivity (Wildman–Crippen MR) is 114 cm³/mol. The summed E-state index contributed by atoms with van der Waals surface area (Å²) < 4.78 is 10.5. The van der Waals surface area contributed by atoms with Crippen LogP contribution in [0.2, 0.25) is 0 Å². The maximum atomic E-state index is 12.6. The molecule has 1 aliphatic rings. The van der Waals surface area contributed by atoms with E-state index in [0.717, 1.165) is 18.6 Å². The van der Waals surface area contributed by atoms with E-state index in [1.165, 1.54) is 6.20 Å². The van der Waals surface area contributed by atoms with Crippen molar-refractivity contribution >= 4 is 29.3 Å². The summed E-state index contributed by atoms with van der Waals surface area (Å²) in [5.41, 5.74) is 6.84. The van der Waals surface area contributed by atoms with Gasteiger partial charge >= 0.3 is 5.97 Å². The number of aromatic nitrogens is 2. The second-order valence-corrected chi connectivity index (χ2v) is 6.92. The van der Waals surface area contributed by atoms with Gasteiger partial charge in [0.1, 0.15) is 17.1 Å². The minimum Gasteiger partial charge on any atom is -0.494 e. The van der Waals surface area contributed by atoms with Crippen molar-refractivity contribution in [2.24, 2.45) is 5.92 Å². The Morgan fingerprint density at radius 2 is 2.00 bits per heavy atom. The Labute approximate surface area is 175 Å². The summed E-state index contributed by atoms with van der Waals surface area (Å²) in [4.78, 5) is 35.1. The Morgan fingerprint density at radius 1 is 1.23 bits per heavy atom. The van der Waals surface area contributed by atoms with Crippen molar-refractivity contribution in [3.05, 3.63) is 36.0 Å². The SMILES string of the molecule is CCOC(=O)[C@H]1CCCN(c2ncc(C(=O)Nc3ccc(OCC)cc3)c(N)n2)C1. The van der Waals surface area contributed by atoms with Crippen LogP contribution in [0, 0.1) is 5.92 Å². The highest BCUT2D eigenvalue weighted by Gasteiger charge is 2.28. The number of hydrogen-bond acceptors (Lipinski definition) is 8. The van der Waals surface area contributed by atoms with Gasteiger partial charge in [0, 0.05) is 25.0 Å². The topological polar surface area (TPSA) is 120 Å². The number of nitrogens with one attached hydrogen (secondary N) is 1. The molecule has 1 aliphatic heterocycles. The van der Waals surface area contributed by atoms with Crippen molar-refractivity contribution in [3.8, 4) is 5.75 Å². The van der Waals surface area contributed by atoms with E-state index in [1.54, 1.807) is 31.2 Å². The zero-order valence-corrected chi connectivity index (χ0v) is 17.3. The van der Waals surface area contributed by atoms with E-state index < -0.39 is 5.91 Å². The number of esters is 1. The largest absolute Gasteiger partial charge is 0.494 e. The van der Waals surface area contributed by atoms with E-state index in [-0.39, 0.29) is 23.3 Å². The molecule has 0 spiro atoms. The van der Waals surface area contributed by atoms with Gasteiger partial charge in [-0.25, -0.2) is 4.98 Å². The van der Waals surface area contributed by atoms with Crippen LogP contribution in [0.3, 0.4) is 0 Å². The number of ether oxygens (including phenoxy) is 2. The first-order valence-electron chi connectivity index (χ1n) is 10.1. The standard InChI is InChI=1S/C21H27N5O4/c1-3-29-16-9-7-15(8-10-16)24-19(27)17-12-23-21(25-18(17)22)26-11-5-6-14(13-26)20(28)30-4-2/h7-10,12,14H,3-6,11,13H2,1-2H3,(H,24,27)(H2,22,23,25)/t14-/m0/s1. The molecular weight excluding hydrogens is 386 g/mol. The average molecular weight is 413 g/mol. The van der Waals surface area contributed by atoms with Gasteiger partial charge in [0.05, 0.1) is 19.1 Å². The van der Waals surface area contributed by atoms with Gasteiger partial charge < -0.3 is 25.4 Å². The number of carbonyl (C=O) groups excluding carboxylic acids is 2. The lowest BCUT2D eigenvalue weighted by atomic mass is 9.98. The van der Waals surface area contributed by atoms with Crippen LogP contribution in [0.5, 0.6) is 5.75 Å². The van der Waals surface area contributed by atoms with E-state index in [0.29, 0.717) is 37.9 Å². The minimum atomic E-state index is -0.397. The highest BCUT2D eigenvalue weighted by atomic mass is 16.5. The van der Waals surface area contributed by atoms with Crippen LogP contribution in [-0.2, 0) is 9.53 Å². The molecule has 1 aromatic heterocycles. The Hall–Kier alpha value is -3.36. The number of anilines is 3. The third kappa shape index (κ3) is 5.16. The van der Waals surface area contributed by atoms with Crippen LogP contribution < -0.4 is 20.7 Å². The number of nitrogens with zero attached hydrogens (tertiary/aromatic N) is 3. The summed E-state index contributed by atoms with van der Waals surface area (Å²) in [7, 11) is 0. The normalized spacial score (nSPS) is 16.1. The first-order valence-corrected chi connectivity index (χ1v) is 10.1. The average Bonchev–Trinajstić information content (AvgIpc) is 2.75. The van der Waals surface area contributed by atoms with Crippen LogP contribution in [0.25, 0.3) is 0 Å². The molecule has 0 unspecified atom stereocenters. The van der Waals surface area contributed by atoms with E-state index in [2.05, 4.69) is 15.3 Å². The van der Waals surface area contributed by atoms with Crippen molar-refractivity contribution in [1.29, 1.82) is 0 Å². The van der Waals surface area contributed by atoms with Crippen LogP contribution in [0.1, 0.15) is 37.0 Å².